The van der Waals surface area contributed by atoms with Gasteiger partial charge in [-0.3, -0.25) is 0 Å². The number of aromatic nitrogens is 4. The molecule has 2 aromatic heterocycles. The highest BCUT2D eigenvalue weighted by atomic mass is 35.5. The maximum absolute atomic E-state index is 15.0. The predicted molar refractivity (Wildman–Crippen MR) is 108 cm³/mol. The lowest BCUT2D eigenvalue weighted by molar-refractivity contribution is 0.137. The van der Waals surface area contributed by atoms with E-state index in [1.54, 1.807) is 18.5 Å². The van der Waals surface area contributed by atoms with Gasteiger partial charge in [0.25, 0.3) is 0 Å². The number of nitrogens with two attached hydrogens (primary N) is 1. The quantitative estimate of drug-likeness (QED) is 0.632. The van der Waals surface area contributed by atoms with Crippen LogP contribution in [0.1, 0.15) is 42.8 Å². The smallest absolute Gasteiger partial charge is 0.407 e. The Morgan fingerprint density at radius 1 is 1.50 bits per heavy atom. The number of fused-ring (bicyclic) bond motifs is 1. The summed E-state index contributed by atoms with van der Waals surface area (Å²) < 4.78 is 27.7. The Bertz CT molecular complexity index is 1150. The number of rotatable bonds is 5. The van der Waals surface area contributed by atoms with Crippen LogP contribution in [0.2, 0.25) is 5.02 Å². The number of ether oxygens (including phenoxy) is 2. The van der Waals surface area contributed by atoms with E-state index < -0.39 is 24.1 Å². The molecule has 0 spiro atoms. The molecule has 158 valence electrons. The summed E-state index contributed by atoms with van der Waals surface area (Å²) >= 11 is 6.22. The number of benzene rings is 1. The maximum atomic E-state index is 15.0. The number of amides is 1. The van der Waals surface area contributed by atoms with Crippen LogP contribution in [0.3, 0.4) is 0 Å². The fourth-order valence-electron chi connectivity index (χ4n) is 3.67. The Morgan fingerprint density at radius 2 is 2.27 bits per heavy atom. The van der Waals surface area contributed by atoms with Crippen molar-refractivity contribution in [1.82, 2.24) is 25.1 Å². The first-order valence-corrected chi connectivity index (χ1v) is 9.75. The van der Waals surface area contributed by atoms with Crippen LogP contribution in [0.15, 0.2) is 12.4 Å². The molecule has 11 heteroatoms. The third kappa shape index (κ3) is 3.17. The van der Waals surface area contributed by atoms with Crippen molar-refractivity contribution in [2.75, 3.05) is 18.9 Å². The Labute approximate surface area is 176 Å². The summed E-state index contributed by atoms with van der Waals surface area (Å²) in [5.74, 6) is -0.106. The molecule has 1 aromatic carbocycles. The molecule has 30 heavy (non-hydrogen) atoms. The van der Waals surface area contributed by atoms with Gasteiger partial charge in [0.1, 0.15) is 17.9 Å². The standard InChI is InChI=1S/C19H20ClFN6O3/c1-4-29-16-10(5-11(20)15(21)14(16)12-6-23-19(28)30-12)9(3)27-18-13(8(2)26-27)17(22)24-7-25-18/h5,7,9,12H,4,6H2,1-3H3,(H,23,28)(H2,22,24,25)/t9-,12?/m1/s1. The molecule has 4 rings (SSSR count). The second-order valence-electron chi connectivity index (χ2n) is 6.88. The third-order valence-electron chi connectivity index (χ3n) is 5.04. The van der Waals surface area contributed by atoms with E-state index >= 15 is 4.39 Å². The summed E-state index contributed by atoms with van der Waals surface area (Å²) in [6.45, 7) is 5.83. The molecular formula is C19H20ClFN6O3. The van der Waals surface area contributed by atoms with Gasteiger partial charge in [0, 0.05) is 5.56 Å². The highest BCUT2D eigenvalue weighted by molar-refractivity contribution is 6.31. The molecule has 1 unspecified atom stereocenters. The van der Waals surface area contributed by atoms with Crippen LogP contribution in [0.25, 0.3) is 11.0 Å². The number of hydrogen-bond acceptors (Lipinski definition) is 7. The monoisotopic (exact) mass is 434 g/mol. The molecule has 0 bridgehead atoms. The molecule has 3 aromatic rings. The van der Waals surface area contributed by atoms with Crippen LogP contribution in [-0.4, -0.2) is 39.0 Å². The van der Waals surface area contributed by atoms with Crippen LogP contribution < -0.4 is 15.8 Å². The van der Waals surface area contributed by atoms with Crippen molar-refractivity contribution in [1.29, 1.82) is 0 Å². The zero-order valence-corrected chi connectivity index (χ0v) is 17.3. The number of halogens is 2. The number of nitrogens with zero attached hydrogens (tertiary/aromatic N) is 4. The lowest BCUT2D eigenvalue weighted by Gasteiger charge is -2.23. The average molecular weight is 435 g/mol. The van der Waals surface area contributed by atoms with Crippen molar-refractivity contribution < 1.29 is 18.7 Å². The number of carbonyl (C=O) groups excluding carboxylic acids is 1. The maximum Gasteiger partial charge on any atom is 0.407 e. The fourth-order valence-corrected chi connectivity index (χ4v) is 3.89. The number of cyclic esters (lactones) is 1. The first-order valence-electron chi connectivity index (χ1n) is 9.37. The topological polar surface area (TPSA) is 117 Å². The van der Waals surface area contributed by atoms with E-state index in [0.29, 0.717) is 28.1 Å². The molecule has 9 nitrogen and oxygen atoms in total. The van der Waals surface area contributed by atoms with Gasteiger partial charge in [-0.1, -0.05) is 11.6 Å². The molecule has 1 aliphatic heterocycles. The number of alkyl carbamates (subject to hydrolysis) is 1. The van der Waals surface area contributed by atoms with E-state index in [1.807, 2.05) is 6.92 Å². The Kier molecular flexibility index (Phi) is 5.10. The lowest BCUT2D eigenvalue weighted by Crippen LogP contribution is -2.16. The van der Waals surface area contributed by atoms with Gasteiger partial charge in [-0.15, -0.1) is 0 Å². The third-order valence-corrected chi connectivity index (χ3v) is 5.31. The van der Waals surface area contributed by atoms with Gasteiger partial charge in [0.2, 0.25) is 0 Å². The van der Waals surface area contributed by atoms with Crippen LogP contribution in [-0.2, 0) is 4.74 Å². The van der Waals surface area contributed by atoms with Crippen molar-refractivity contribution >= 4 is 34.5 Å². The largest absolute Gasteiger partial charge is 0.493 e. The second-order valence-corrected chi connectivity index (χ2v) is 7.28. The molecule has 3 N–H and O–H groups in total. The zero-order valence-electron chi connectivity index (χ0n) is 16.6. The van der Waals surface area contributed by atoms with Crippen LogP contribution in [0.5, 0.6) is 5.75 Å². The summed E-state index contributed by atoms with van der Waals surface area (Å²) in [5.41, 5.74) is 7.85. The van der Waals surface area contributed by atoms with Gasteiger partial charge in [-0.25, -0.2) is 23.8 Å². The van der Waals surface area contributed by atoms with Gasteiger partial charge >= 0.3 is 6.09 Å². The van der Waals surface area contributed by atoms with Crippen molar-refractivity contribution in [3.63, 3.8) is 0 Å². The van der Waals surface area contributed by atoms with E-state index in [4.69, 9.17) is 26.8 Å². The van der Waals surface area contributed by atoms with E-state index in [2.05, 4.69) is 20.4 Å². The minimum Gasteiger partial charge on any atom is -0.493 e. The van der Waals surface area contributed by atoms with Crippen molar-refractivity contribution in [2.45, 2.75) is 32.9 Å². The Morgan fingerprint density at radius 3 is 2.93 bits per heavy atom. The van der Waals surface area contributed by atoms with Crippen LogP contribution >= 0.6 is 11.6 Å². The highest BCUT2D eigenvalue weighted by Gasteiger charge is 2.34. The summed E-state index contributed by atoms with van der Waals surface area (Å²) in [6.07, 6.45) is -0.131. The molecule has 3 heterocycles. The molecule has 1 fully saturated rings. The average Bonchev–Trinajstić information content (AvgIpc) is 3.28. The van der Waals surface area contributed by atoms with Gasteiger partial charge in [0.15, 0.2) is 17.6 Å². The van der Waals surface area contributed by atoms with Gasteiger partial charge in [-0.05, 0) is 26.8 Å². The number of nitrogens with one attached hydrogen (secondary N) is 1. The van der Waals surface area contributed by atoms with Crippen LogP contribution in [0, 0.1) is 12.7 Å². The number of hydrogen-bond donors (Lipinski definition) is 2. The molecule has 1 aliphatic rings. The molecule has 1 amide bonds. The van der Waals surface area contributed by atoms with Gasteiger partial charge < -0.3 is 20.5 Å². The first kappa shape index (κ1) is 20.1. The van der Waals surface area contributed by atoms with E-state index in [9.17, 15) is 4.79 Å². The lowest BCUT2D eigenvalue weighted by atomic mass is 9.99. The van der Waals surface area contributed by atoms with Gasteiger partial charge in [-0.2, -0.15) is 5.10 Å². The minimum atomic E-state index is -0.863. The molecular weight excluding hydrogens is 415 g/mol. The summed E-state index contributed by atoms with van der Waals surface area (Å²) in [7, 11) is 0. The molecule has 0 aliphatic carbocycles. The number of carbonyl (C=O) groups is 1. The van der Waals surface area contributed by atoms with Crippen LogP contribution in [0.4, 0.5) is 15.0 Å². The predicted octanol–water partition coefficient (Wildman–Crippen LogP) is 3.30. The van der Waals surface area contributed by atoms with Gasteiger partial charge in [0.05, 0.1) is 40.9 Å². The molecule has 2 atom stereocenters. The fraction of sp³-hybridized carbons (Fsp3) is 0.368. The molecule has 0 saturated carbocycles. The second kappa shape index (κ2) is 7.60. The number of nitrogen functional groups attached to an aromatic ring is 1. The SMILES string of the molecule is CCOc1c([C@@H](C)n2nc(C)c3c(N)ncnc32)cc(Cl)c(F)c1C1CNC(=O)O1. The minimum absolute atomic E-state index is 0.0897. The highest BCUT2D eigenvalue weighted by Crippen LogP contribution is 2.42. The van der Waals surface area contributed by atoms with E-state index in [1.165, 1.54) is 12.4 Å². The number of anilines is 1. The van der Waals surface area contributed by atoms with Crippen molar-refractivity contribution in [3.05, 3.63) is 40.1 Å². The normalized spacial score (nSPS) is 17.1. The molecule has 1 saturated heterocycles. The summed E-state index contributed by atoms with van der Waals surface area (Å²) in [4.78, 5) is 19.9. The van der Waals surface area contributed by atoms with Crippen molar-refractivity contribution in [3.8, 4) is 5.75 Å². The van der Waals surface area contributed by atoms with E-state index in [-0.39, 0.29) is 29.5 Å². The molecule has 0 radical (unpaired) electrons. The Balaban J connectivity index is 1.91. The Hall–Kier alpha value is -3.14. The zero-order chi connectivity index (χ0) is 21.6. The first-order chi connectivity index (χ1) is 14.3. The van der Waals surface area contributed by atoms with Crippen molar-refractivity contribution in [2.24, 2.45) is 0 Å². The van der Waals surface area contributed by atoms with E-state index in [0.717, 1.165) is 0 Å². The summed E-state index contributed by atoms with van der Waals surface area (Å²) in [6, 6.07) is 1.05. The summed E-state index contributed by atoms with van der Waals surface area (Å²) in [5, 5.41) is 7.62. The number of aryl methyl sites for hydroxylation is 1.